The minimum absolute atomic E-state index is 0.645. The van der Waals surface area contributed by atoms with E-state index >= 15 is 0 Å². The second-order valence-electron chi connectivity index (χ2n) is 4.81. The Morgan fingerprint density at radius 1 is 1.35 bits per heavy atom. The van der Waals surface area contributed by atoms with E-state index in [0.717, 1.165) is 19.6 Å². The Morgan fingerprint density at radius 3 is 2.71 bits per heavy atom. The summed E-state index contributed by atoms with van der Waals surface area (Å²) >= 11 is 3.58. The van der Waals surface area contributed by atoms with E-state index in [1.807, 2.05) is 0 Å². The van der Waals surface area contributed by atoms with Gasteiger partial charge in [0.1, 0.15) is 0 Å². The van der Waals surface area contributed by atoms with Crippen LogP contribution in [-0.2, 0) is 6.54 Å². The van der Waals surface area contributed by atoms with Gasteiger partial charge in [-0.25, -0.2) is 0 Å². The van der Waals surface area contributed by atoms with Crippen LogP contribution >= 0.6 is 15.9 Å². The molecule has 0 aliphatic heterocycles. The van der Waals surface area contributed by atoms with E-state index in [-0.39, 0.29) is 0 Å². The number of rotatable bonds is 7. The maximum absolute atomic E-state index is 5.61. The van der Waals surface area contributed by atoms with Crippen molar-refractivity contribution >= 4 is 15.9 Å². The number of nitrogens with zero attached hydrogens (tertiary/aromatic N) is 1. The van der Waals surface area contributed by atoms with E-state index in [4.69, 9.17) is 5.73 Å². The monoisotopic (exact) mass is 298 g/mol. The fourth-order valence-electron chi connectivity index (χ4n) is 1.82. The zero-order valence-corrected chi connectivity index (χ0v) is 12.4. The van der Waals surface area contributed by atoms with Gasteiger partial charge in [-0.2, -0.15) is 0 Å². The second kappa shape index (κ2) is 7.85. The fraction of sp³-hybridized carbons (Fsp3) is 0.571. The van der Waals surface area contributed by atoms with Crippen LogP contribution in [0.15, 0.2) is 28.7 Å². The quantitative estimate of drug-likeness (QED) is 0.837. The predicted octanol–water partition coefficient (Wildman–Crippen LogP) is 3.26. The molecule has 0 radical (unpaired) electrons. The molecule has 2 nitrogen and oxygen atoms in total. The summed E-state index contributed by atoms with van der Waals surface area (Å²) in [5.74, 6) is 0.645. The van der Waals surface area contributed by atoms with Crippen LogP contribution in [-0.4, -0.2) is 25.0 Å². The molecule has 0 bridgehead atoms. The van der Waals surface area contributed by atoms with Gasteiger partial charge in [-0.3, -0.25) is 0 Å². The van der Waals surface area contributed by atoms with Gasteiger partial charge in [0, 0.05) is 11.0 Å². The fourth-order valence-corrected chi connectivity index (χ4v) is 2.23. The van der Waals surface area contributed by atoms with E-state index < -0.39 is 0 Å². The van der Waals surface area contributed by atoms with E-state index in [9.17, 15) is 0 Å². The first kappa shape index (κ1) is 14.7. The molecule has 1 rings (SSSR count). The number of hydrogen-bond donors (Lipinski definition) is 1. The number of nitrogens with two attached hydrogens (primary N) is 1. The second-order valence-corrected chi connectivity index (χ2v) is 5.67. The first-order chi connectivity index (χ1) is 8.13. The van der Waals surface area contributed by atoms with E-state index in [0.29, 0.717) is 5.92 Å². The first-order valence-electron chi connectivity index (χ1n) is 6.25. The molecule has 0 fully saturated rings. The predicted molar refractivity (Wildman–Crippen MR) is 77.9 cm³/mol. The summed E-state index contributed by atoms with van der Waals surface area (Å²) in [5, 5.41) is 0. The summed E-state index contributed by atoms with van der Waals surface area (Å²) in [5.41, 5.74) is 6.96. The van der Waals surface area contributed by atoms with Gasteiger partial charge in [-0.15, -0.1) is 0 Å². The summed E-state index contributed by atoms with van der Waals surface area (Å²) in [7, 11) is 2.17. The zero-order valence-electron chi connectivity index (χ0n) is 10.8. The molecule has 1 unspecified atom stereocenters. The molecular weight excluding hydrogens is 276 g/mol. The highest BCUT2D eigenvalue weighted by molar-refractivity contribution is 9.10. The molecule has 0 saturated heterocycles. The van der Waals surface area contributed by atoms with Crippen LogP contribution in [0.1, 0.15) is 25.3 Å². The number of benzene rings is 1. The highest BCUT2D eigenvalue weighted by Gasteiger charge is 2.04. The third-order valence-electron chi connectivity index (χ3n) is 3.04. The molecule has 96 valence electrons. The lowest BCUT2D eigenvalue weighted by atomic mass is 10.1. The van der Waals surface area contributed by atoms with Crippen molar-refractivity contribution in [2.75, 3.05) is 20.1 Å². The summed E-state index contributed by atoms with van der Waals surface area (Å²) in [6.07, 6.45) is 2.44. The smallest absolute Gasteiger partial charge is 0.0241 e. The molecule has 0 spiro atoms. The van der Waals surface area contributed by atoms with Crippen molar-refractivity contribution in [1.29, 1.82) is 0 Å². The molecule has 17 heavy (non-hydrogen) atoms. The van der Waals surface area contributed by atoms with Crippen molar-refractivity contribution in [3.63, 3.8) is 0 Å². The Labute approximate surface area is 113 Å². The molecule has 0 heterocycles. The Hall–Kier alpha value is -0.380. The van der Waals surface area contributed by atoms with Gasteiger partial charge in [0.2, 0.25) is 0 Å². The van der Waals surface area contributed by atoms with Gasteiger partial charge in [0.25, 0.3) is 0 Å². The number of hydrogen-bond acceptors (Lipinski definition) is 2. The SMILES string of the molecule is CC(CN)CCCN(C)Cc1ccccc1Br. The van der Waals surface area contributed by atoms with Gasteiger partial charge >= 0.3 is 0 Å². The largest absolute Gasteiger partial charge is 0.330 e. The molecule has 1 aromatic rings. The highest BCUT2D eigenvalue weighted by Crippen LogP contribution is 2.17. The van der Waals surface area contributed by atoms with Gasteiger partial charge in [0.05, 0.1) is 0 Å². The molecular formula is C14H23BrN2. The minimum Gasteiger partial charge on any atom is -0.330 e. The van der Waals surface area contributed by atoms with Gasteiger partial charge in [0.15, 0.2) is 0 Å². The van der Waals surface area contributed by atoms with Crippen LogP contribution < -0.4 is 5.73 Å². The average Bonchev–Trinajstić information content (AvgIpc) is 2.32. The van der Waals surface area contributed by atoms with Gasteiger partial charge in [-0.1, -0.05) is 41.1 Å². The van der Waals surface area contributed by atoms with Gasteiger partial charge < -0.3 is 10.6 Å². The maximum Gasteiger partial charge on any atom is 0.0241 e. The lowest BCUT2D eigenvalue weighted by molar-refractivity contribution is 0.308. The topological polar surface area (TPSA) is 29.3 Å². The standard InChI is InChI=1S/C14H23BrN2/c1-12(10-16)6-5-9-17(2)11-13-7-3-4-8-14(13)15/h3-4,7-8,12H,5-6,9-11,16H2,1-2H3. The molecule has 0 saturated carbocycles. The molecule has 3 heteroatoms. The molecule has 0 aromatic heterocycles. The minimum atomic E-state index is 0.645. The Kier molecular flexibility index (Phi) is 6.78. The maximum atomic E-state index is 5.61. The third kappa shape index (κ3) is 5.66. The van der Waals surface area contributed by atoms with Gasteiger partial charge in [-0.05, 0) is 50.5 Å². The van der Waals surface area contributed by atoms with Crippen molar-refractivity contribution in [3.05, 3.63) is 34.3 Å². The normalized spacial score (nSPS) is 13.0. The molecule has 0 amide bonds. The average molecular weight is 299 g/mol. The summed E-state index contributed by atoms with van der Waals surface area (Å²) in [6, 6.07) is 8.41. The Morgan fingerprint density at radius 2 is 2.06 bits per heavy atom. The van der Waals surface area contributed by atoms with Crippen molar-refractivity contribution in [1.82, 2.24) is 4.90 Å². The molecule has 1 aromatic carbocycles. The lowest BCUT2D eigenvalue weighted by Gasteiger charge is -2.18. The van der Waals surface area contributed by atoms with Crippen LogP contribution in [0.2, 0.25) is 0 Å². The van der Waals surface area contributed by atoms with Crippen molar-refractivity contribution < 1.29 is 0 Å². The first-order valence-corrected chi connectivity index (χ1v) is 7.04. The van der Waals surface area contributed by atoms with Crippen LogP contribution in [0.3, 0.4) is 0 Å². The molecule has 0 aliphatic carbocycles. The molecule has 0 aliphatic rings. The van der Waals surface area contributed by atoms with Crippen molar-refractivity contribution in [3.8, 4) is 0 Å². The number of halogens is 1. The van der Waals surface area contributed by atoms with E-state index in [1.165, 1.54) is 22.9 Å². The van der Waals surface area contributed by atoms with Crippen LogP contribution in [0.5, 0.6) is 0 Å². The Bertz CT molecular complexity index is 328. The van der Waals surface area contributed by atoms with Crippen LogP contribution in [0.25, 0.3) is 0 Å². The van der Waals surface area contributed by atoms with Crippen LogP contribution in [0.4, 0.5) is 0 Å². The summed E-state index contributed by atoms with van der Waals surface area (Å²) in [6.45, 7) is 5.14. The summed E-state index contributed by atoms with van der Waals surface area (Å²) in [4.78, 5) is 2.36. The molecule has 1 atom stereocenters. The molecule has 2 N–H and O–H groups in total. The Balaban J connectivity index is 2.30. The third-order valence-corrected chi connectivity index (χ3v) is 3.81. The van der Waals surface area contributed by atoms with Crippen molar-refractivity contribution in [2.24, 2.45) is 11.7 Å². The van der Waals surface area contributed by atoms with E-state index in [2.05, 4.69) is 59.1 Å². The van der Waals surface area contributed by atoms with E-state index in [1.54, 1.807) is 0 Å². The summed E-state index contributed by atoms with van der Waals surface area (Å²) < 4.78 is 1.20. The zero-order chi connectivity index (χ0) is 12.7. The van der Waals surface area contributed by atoms with Crippen LogP contribution in [0, 0.1) is 5.92 Å². The highest BCUT2D eigenvalue weighted by atomic mass is 79.9. The lowest BCUT2D eigenvalue weighted by Crippen LogP contribution is -2.20. The van der Waals surface area contributed by atoms with Crippen molar-refractivity contribution in [2.45, 2.75) is 26.3 Å².